The molecule has 23 heavy (non-hydrogen) atoms. The van der Waals surface area contributed by atoms with Crippen LogP contribution in [0.3, 0.4) is 0 Å². The van der Waals surface area contributed by atoms with Gasteiger partial charge in [0.1, 0.15) is 5.60 Å². The number of aliphatic hydroxyl groups excluding tert-OH is 2. The van der Waals surface area contributed by atoms with E-state index in [0.717, 1.165) is 18.4 Å². The standard InChI is InChI=1S/C20H30O3/c1-14(2)6-5-9-20(13-21)19-8-7-15(3)10-17(22)11-16(4)18(19)12-23-20/h5-6,9-10,17-19,21-22H,4,7-8,11-13H2,1-3H3. The second-order valence-corrected chi connectivity index (χ2v) is 7.22. The molecule has 0 aromatic rings. The van der Waals surface area contributed by atoms with Gasteiger partial charge in [-0.3, -0.25) is 0 Å². The summed E-state index contributed by atoms with van der Waals surface area (Å²) in [6.07, 6.45) is 9.91. The van der Waals surface area contributed by atoms with Crippen molar-refractivity contribution in [2.24, 2.45) is 11.8 Å². The van der Waals surface area contributed by atoms with Gasteiger partial charge in [-0.15, -0.1) is 0 Å². The Hall–Kier alpha value is -1.16. The molecule has 0 spiro atoms. The Kier molecular flexibility index (Phi) is 6.01. The van der Waals surface area contributed by atoms with Crippen molar-refractivity contribution in [1.82, 2.24) is 0 Å². The molecule has 4 unspecified atom stereocenters. The highest BCUT2D eigenvalue weighted by atomic mass is 16.5. The molecular weight excluding hydrogens is 288 g/mol. The van der Waals surface area contributed by atoms with Crippen molar-refractivity contribution in [3.8, 4) is 0 Å². The van der Waals surface area contributed by atoms with Gasteiger partial charge in [-0.2, -0.15) is 0 Å². The summed E-state index contributed by atoms with van der Waals surface area (Å²) in [5.74, 6) is 0.378. The first-order chi connectivity index (χ1) is 10.9. The van der Waals surface area contributed by atoms with Crippen LogP contribution in [-0.4, -0.2) is 35.1 Å². The fourth-order valence-electron chi connectivity index (χ4n) is 3.72. The van der Waals surface area contributed by atoms with Crippen LogP contribution in [-0.2, 0) is 4.74 Å². The number of rotatable bonds is 3. The Morgan fingerprint density at radius 2 is 2.22 bits per heavy atom. The molecule has 0 amide bonds. The maximum absolute atomic E-state index is 10.1. The molecule has 3 heteroatoms. The van der Waals surface area contributed by atoms with Crippen LogP contribution < -0.4 is 0 Å². The van der Waals surface area contributed by atoms with Gasteiger partial charge in [-0.1, -0.05) is 47.6 Å². The zero-order chi connectivity index (χ0) is 17.0. The minimum Gasteiger partial charge on any atom is -0.393 e. The Morgan fingerprint density at radius 3 is 2.87 bits per heavy atom. The Morgan fingerprint density at radius 1 is 1.48 bits per heavy atom. The number of hydrogen-bond acceptors (Lipinski definition) is 3. The van der Waals surface area contributed by atoms with Gasteiger partial charge in [0.15, 0.2) is 0 Å². The highest BCUT2D eigenvalue weighted by Gasteiger charge is 2.48. The summed E-state index contributed by atoms with van der Waals surface area (Å²) in [7, 11) is 0. The van der Waals surface area contributed by atoms with Crippen molar-refractivity contribution in [3.63, 3.8) is 0 Å². The second-order valence-electron chi connectivity index (χ2n) is 7.22. The normalized spacial score (nSPS) is 35.3. The number of fused-ring (bicyclic) bond motifs is 1. The van der Waals surface area contributed by atoms with Crippen molar-refractivity contribution >= 4 is 0 Å². The second kappa shape index (κ2) is 7.61. The molecule has 0 saturated carbocycles. The maximum Gasteiger partial charge on any atom is 0.113 e. The Balaban J connectivity index is 2.30. The third-order valence-corrected chi connectivity index (χ3v) is 5.02. The SMILES string of the molecule is C=C1CC(O)C=C(C)CCC2C1COC2(C=CC=C(C)C)CO. The molecule has 4 atom stereocenters. The van der Waals surface area contributed by atoms with Gasteiger partial charge in [-0.05, 0) is 40.0 Å². The van der Waals surface area contributed by atoms with E-state index in [4.69, 9.17) is 4.74 Å². The topological polar surface area (TPSA) is 49.7 Å². The number of ether oxygens (including phenoxy) is 1. The molecule has 0 radical (unpaired) electrons. The number of aliphatic hydroxyl groups is 2. The molecule has 2 aliphatic rings. The summed E-state index contributed by atoms with van der Waals surface area (Å²) in [6, 6.07) is 0. The van der Waals surface area contributed by atoms with Crippen LogP contribution in [0.4, 0.5) is 0 Å². The van der Waals surface area contributed by atoms with Crippen molar-refractivity contribution in [1.29, 1.82) is 0 Å². The van der Waals surface area contributed by atoms with Crippen molar-refractivity contribution < 1.29 is 14.9 Å². The fraction of sp³-hybridized carbons (Fsp3) is 0.600. The van der Waals surface area contributed by atoms with Crippen molar-refractivity contribution in [2.75, 3.05) is 13.2 Å². The van der Waals surface area contributed by atoms with Crippen LogP contribution in [0.1, 0.15) is 40.0 Å². The molecule has 3 nitrogen and oxygen atoms in total. The average molecular weight is 318 g/mol. The lowest BCUT2D eigenvalue weighted by Gasteiger charge is -2.32. The zero-order valence-corrected chi connectivity index (χ0v) is 14.6. The minimum absolute atomic E-state index is 0.0279. The van der Waals surface area contributed by atoms with E-state index in [0.29, 0.717) is 13.0 Å². The molecule has 1 fully saturated rings. The molecule has 1 heterocycles. The molecule has 2 N–H and O–H groups in total. The summed E-state index contributed by atoms with van der Waals surface area (Å²) in [5, 5.41) is 20.2. The predicted molar refractivity (Wildman–Crippen MR) is 94.1 cm³/mol. The van der Waals surface area contributed by atoms with Gasteiger partial charge in [0.2, 0.25) is 0 Å². The van der Waals surface area contributed by atoms with E-state index in [9.17, 15) is 10.2 Å². The lowest BCUT2D eigenvalue weighted by atomic mass is 9.74. The van der Waals surface area contributed by atoms with Crippen LogP contribution >= 0.6 is 0 Å². The van der Waals surface area contributed by atoms with E-state index in [1.807, 2.05) is 38.2 Å². The molecule has 1 saturated heterocycles. The molecule has 0 aromatic heterocycles. The summed E-state index contributed by atoms with van der Waals surface area (Å²) in [5.41, 5.74) is 2.79. The molecule has 128 valence electrons. The van der Waals surface area contributed by atoms with Gasteiger partial charge in [0.25, 0.3) is 0 Å². The highest BCUT2D eigenvalue weighted by molar-refractivity contribution is 5.23. The first kappa shape index (κ1) is 18.2. The van der Waals surface area contributed by atoms with E-state index in [1.54, 1.807) is 0 Å². The Bertz CT molecular complexity index is 525. The van der Waals surface area contributed by atoms with E-state index in [1.165, 1.54) is 11.1 Å². The molecular formula is C20H30O3. The minimum atomic E-state index is -0.644. The smallest absolute Gasteiger partial charge is 0.113 e. The predicted octanol–water partition coefficient (Wildman–Crippen LogP) is 3.55. The summed E-state index contributed by atoms with van der Waals surface area (Å²) in [4.78, 5) is 0. The lowest BCUT2D eigenvalue weighted by Crippen LogP contribution is -2.39. The van der Waals surface area contributed by atoms with Crippen LogP contribution in [0.5, 0.6) is 0 Å². The van der Waals surface area contributed by atoms with E-state index >= 15 is 0 Å². The van der Waals surface area contributed by atoms with E-state index < -0.39 is 11.7 Å². The molecule has 1 aliphatic carbocycles. The van der Waals surface area contributed by atoms with Gasteiger partial charge >= 0.3 is 0 Å². The van der Waals surface area contributed by atoms with Crippen molar-refractivity contribution in [2.45, 2.75) is 51.7 Å². The van der Waals surface area contributed by atoms with Crippen molar-refractivity contribution in [3.05, 3.63) is 47.6 Å². The average Bonchev–Trinajstić information content (AvgIpc) is 2.84. The molecule has 0 bridgehead atoms. The third-order valence-electron chi connectivity index (χ3n) is 5.02. The molecule has 2 rings (SSSR count). The first-order valence-corrected chi connectivity index (χ1v) is 8.48. The molecule has 1 aliphatic heterocycles. The van der Waals surface area contributed by atoms with Gasteiger partial charge in [0, 0.05) is 11.8 Å². The maximum atomic E-state index is 10.1. The van der Waals surface area contributed by atoms with E-state index in [2.05, 4.69) is 13.5 Å². The number of hydrogen-bond donors (Lipinski definition) is 2. The van der Waals surface area contributed by atoms with Gasteiger partial charge in [0.05, 0.1) is 19.3 Å². The van der Waals surface area contributed by atoms with Crippen LogP contribution in [0.2, 0.25) is 0 Å². The van der Waals surface area contributed by atoms with Gasteiger partial charge < -0.3 is 14.9 Å². The Labute approximate surface area is 140 Å². The summed E-state index contributed by atoms with van der Waals surface area (Å²) >= 11 is 0. The lowest BCUT2D eigenvalue weighted by molar-refractivity contribution is -0.0252. The third kappa shape index (κ3) is 4.23. The zero-order valence-electron chi connectivity index (χ0n) is 14.6. The van der Waals surface area contributed by atoms with Crippen LogP contribution in [0.25, 0.3) is 0 Å². The first-order valence-electron chi connectivity index (χ1n) is 8.48. The fourth-order valence-corrected chi connectivity index (χ4v) is 3.72. The monoisotopic (exact) mass is 318 g/mol. The summed E-state index contributed by atoms with van der Waals surface area (Å²) < 4.78 is 6.08. The van der Waals surface area contributed by atoms with Crippen LogP contribution in [0, 0.1) is 11.8 Å². The van der Waals surface area contributed by atoms with Gasteiger partial charge in [-0.25, -0.2) is 0 Å². The quantitative estimate of drug-likeness (QED) is 0.618. The summed E-state index contributed by atoms with van der Waals surface area (Å²) in [6.45, 7) is 10.9. The molecule has 0 aromatic carbocycles. The largest absolute Gasteiger partial charge is 0.393 e. The number of allylic oxidation sites excluding steroid dienone is 4. The van der Waals surface area contributed by atoms with Crippen LogP contribution in [0.15, 0.2) is 47.6 Å². The van der Waals surface area contributed by atoms with E-state index in [-0.39, 0.29) is 18.4 Å². The highest BCUT2D eigenvalue weighted by Crippen LogP contribution is 2.45.